The van der Waals surface area contributed by atoms with Gasteiger partial charge in [0.1, 0.15) is 5.82 Å². The van der Waals surface area contributed by atoms with E-state index in [1.165, 1.54) is 6.07 Å². The average Bonchev–Trinajstić information content (AvgIpc) is 3.02. The van der Waals surface area contributed by atoms with E-state index >= 15 is 0 Å². The van der Waals surface area contributed by atoms with E-state index in [0.717, 1.165) is 12.8 Å². The van der Waals surface area contributed by atoms with E-state index < -0.39 is 0 Å². The molecule has 1 aliphatic carbocycles. The number of benzene rings is 1. The molecule has 1 aliphatic rings. The van der Waals surface area contributed by atoms with Crippen LogP contribution in [-0.2, 0) is 6.54 Å². The van der Waals surface area contributed by atoms with Crippen molar-refractivity contribution in [3.63, 3.8) is 0 Å². The summed E-state index contributed by atoms with van der Waals surface area (Å²) in [5.74, 6) is -0.188. The molecule has 1 aromatic rings. The van der Waals surface area contributed by atoms with Crippen molar-refractivity contribution in [2.45, 2.75) is 19.4 Å². The third kappa shape index (κ3) is 2.34. The second-order valence-electron chi connectivity index (χ2n) is 4.09. The van der Waals surface area contributed by atoms with Gasteiger partial charge in [-0.3, -0.25) is 0 Å². The Kier molecular flexibility index (Phi) is 2.70. The van der Waals surface area contributed by atoms with E-state index in [9.17, 15) is 4.39 Å². The summed E-state index contributed by atoms with van der Waals surface area (Å²) in [4.78, 5) is 0. The first-order chi connectivity index (χ1) is 7.26. The summed E-state index contributed by atoms with van der Waals surface area (Å²) in [5, 5.41) is 12.0. The van der Waals surface area contributed by atoms with Gasteiger partial charge in [0, 0.05) is 18.7 Å². The van der Waals surface area contributed by atoms with Gasteiger partial charge < -0.3 is 5.32 Å². The molecular formula is C12H13FN2. The minimum Gasteiger partial charge on any atom is -0.311 e. The van der Waals surface area contributed by atoms with Gasteiger partial charge in [0.25, 0.3) is 0 Å². The van der Waals surface area contributed by atoms with Crippen molar-refractivity contribution in [3.8, 4) is 6.07 Å². The van der Waals surface area contributed by atoms with Gasteiger partial charge in [-0.25, -0.2) is 4.39 Å². The predicted octanol–water partition coefficient (Wildman–Crippen LogP) is 2.22. The fourth-order valence-electron chi connectivity index (χ4n) is 1.56. The number of halogens is 1. The van der Waals surface area contributed by atoms with Crippen molar-refractivity contribution < 1.29 is 4.39 Å². The maximum Gasteiger partial charge on any atom is 0.127 e. The Morgan fingerprint density at radius 1 is 1.40 bits per heavy atom. The molecule has 2 nitrogen and oxygen atoms in total. The summed E-state index contributed by atoms with van der Waals surface area (Å²) in [5.41, 5.74) is 0.497. The van der Waals surface area contributed by atoms with Crippen LogP contribution in [0, 0.1) is 22.6 Å². The fourth-order valence-corrected chi connectivity index (χ4v) is 1.56. The van der Waals surface area contributed by atoms with Crippen molar-refractivity contribution in [3.05, 3.63) is 35.6 Å². The highest BCUT2D eigenvalue weighted by Gasteiger charge is 2.42. The molecule has 0 atom stereocenters. The molecule has 3 heteroatoms. The SMILES string of the molecule is N#CC1(CNCc2ccccc2F)CC1. The Bertz CT molecular complexity index is 391. The zero-order valence-corrected chi connectivity index (χ0v) is 8.46. The van der Waals surface area contributed by atoms with Gasteiger partial charge in [-0.05, 0) is 18.9 Å². The highest BCUT2D eigenvalue weighted by atomic mass is 19.1. The Morgan fingerprint density at radius 2 is 2.13 bits per heavy atom. The third-order valence-corrected chi connectivity index (χ3v) is 2.83. The molecule has 0 radical (unpaired) electrons. The van der Waals surface area contributed by atoms with Crippen molar-refractivity contribution in [1.82, 2.24) is 5.32 Å². The van der Waals surface area contributed by atoms with Crippen LogP contribution in [0.15, 0.2) is 24.3 Å². The molecule has 1 saturated carbocycles. The maximum atomic E-state index is 13.2. The van der Waals surface area contributed by atoms with E-state index in [-0.39, 0.29) is 11.2 Å². The number of hydrogen-bond acceptors (Lipinski definition) is 2. The number of nitrogens with one attached hydrogen (secondary N) is 1. The summed E-state index contributed by atoms with van der Waals surface area (Å²) in [6.45, 7) is 1.16. The lowest BCUT2D eigenvalue weighted by atomic mass is 10.1. The average molecular weight is 204 g/mol. The fraction of sp³-hybridized carbons (Fsp3) is 0.417. The molecular weight excluding hydrogens is 191 g/mol. The van der Waals surface area contributed by atoms with Crippen LogP contribution in [0.5, 0.6) is 0 Å². The molecule has 1 fully saturated rings. The topological polar surface area (TPSA) is 35.8 Å². The number of nitrogens with zero attached hydrogens (tertiary/aromatic N) is 1. The minimum absolute atomic E-state index is 0.161. The molecule has 2 rings (SSSR count). The van der Waals surface area contributed by atoms with Gasteiger partial charge in [-0.15, -0.1) is 0 Å². The van der Waals surface area contributed by atoms with Gasteiger partial charge in [0.15, 0.2) is 0 Å². The molecule has 1 N–H and O–H groups in total. The lowest BCUT2D eigenvalue weighted by molar-refractivity contribution is 0.538. The second-order valence-corrected chi connectivity index (χ2v) is 4.09. The van der Waals surface area contributed by atoms with Crippen molar-refractivity contribution in [2.75, 3.05) is 6.54 Å². The molecule has 0 bridgehead atoms. The van der Waals surface area contributed by atoms with Crippen LogP contribution >= 0.6 is 0 Å². The van der Waals surface area contributed by atoms with E-state index in [2.05, 4.69) is 11.4 Å². The molecule has 0 saturated heterocycles. The molecule has 0 unspecified atom stereocenters. The molecule has 0 aromatic heterocycles. The van der Waals surface area contributed by atoms with Gasteiger partial charge >= 0.3 is 0 Å². The minimum atomic E-state index is -0.188. The standard InChI is InChI=1S/C12H13FN2/c13-11-4-2-1-3-10(11)7-15-9-12(8-14)5-6-12/h1-4,15H,5-7,9H2. The number of hydrogen-bond donors (Lipinski definition) is 1. The van der Waals surface area contributed by atoms with Crippen LogP contribution in [0.2, 0.25) is 0 Å². The van der Waals surface area contributed by atoms with E-state index in [1.807, 2.05) is 6.07 Å². The normalized spacial score (nSPS) is 17.1. The van der Waals surface area contributed by atoms with Crippen LogP contribution in [0.1, 0.15) is 18.4 Å². The van der Waals surface area contributed by atoms with Crippen molar-refractivity contribution >= 4 is 0 Å². The van der Waals surface area contributed by atoms with Gasteiger partial charge in [0.05, 0.1) is 11.5 Å². The highest BCUT2D eigenvalue weighted by molar-refractivity contribution is 5.17. The Labute approximate surface area is 88.7 Å². The summed E-state index contributed by atoms with van der Waals surface area (Å²) in [6, 6.07) is 9.00. The largest absolute Gasteiger partial charge is 0.311 e. The first-order valence-electron chi connectivity index (χ1n) is 5.11. The first-order valence-corrected chi connectivity index (χ1v) is 5.11. The Hall–Kier alpha value is -1.40. The monoisotopic (exact) mass is 204 g/mol. The maximum absolute atomic E-state index is 13.2. The smallest absolute Gasteiger partial charge is 0.127 e. The summed E-state index contributed by atoms with van der Waals surface area (Å²) in [6.07, 6.45) is 1.93. The molecule has 0 heterocycles. The van der Waals surface area contributed by atoms with Gasteiger partial charge in [-0.2, -0.15) is 5.26 Å². The molecule has 78 valence electrons. The lowest BCUT2D eigenvalue weighted by Crippen LogP contribution is -2.22. The Morgan fingerprint density at radius 3 is 2.73 bits per heavy atom. The van der Waals surface area contributed by atoms with Crippen LogP contribution in [-0.4, -0.2) is 6.54 Å². The predicted molar refractivity (Wildman–Crippen MR) is 55.4 cm³/mol. The van der Waals surface area contributed by atoms with E-state index in [0.29, 0.717) is 18.7 Å². The van der Waals surface area contributed by atoms with Crippen molar-refractivity contribution in [1.29, 1.82) is 5.26 Å². The molecule has 15 heavy (non-hydrogen) atoms. The summed E-state index contributed by atoms with van der Waals surface area (Å²) < 4.78 is 13.2. The first kappa shape index (κ1) is 10.1. The van der Waals surface area contributed by atoms with Crippen LogP contribution in [0.4, 0.5) is 4.39 Å². The molecule has 0 spiro atoms. The van der Waals surface area contributed by atoms with Crippen LogP contribution in [0.25, 0.3) is 0 Å². The second kappa shape index (κ2) is 4.00. The zero-order valence-electron chi connectivity index (χ0n) is 8.46. The number of rotatable bonds is 4. The van der Waals surface area contributed by atoms with Crippen molar-refractivity contribution in [2.24, 2.45) is 5.41 Å². The number of nitriles is 1. The van der Waals surface area contributed by atoms with Crippen LogP contribution < -0.4 is 5.32 Å². The van der Waals surface area contributed by atoms with E-state index in [1.54, 1.807) is 12.1 Å². The molecule has 0 amide bonds. The van der Waals surface area contributed by atoms with Crippen LogP contribution in [0.3, 0.4) is 0 Å². The molecule has 1 aromatic carbocycles. The molecule has 0 aliphatic heterocycles. The lowest BCUT2D eigenvalue weighted by Gasteiger charge is -2.08. The quantitative estimate of drug-likeness (QED) is 0.816. The van der Waals surface area contributed by atoms with Gasteiger partial charge in [-0.1, -0.05) is 18.2 Å². The highest BCUT2D eigenvalue weighted by Crippen LogP contribution is 2.44. The summed E-state index contributed by atoms with van der Waals surface area (Å²) in [7, 11) is 0. The van der Waals surface area contributed by atoms with Gasteiger partial charge in [0.2, 0.25) is 0 Å². The zero-order chi connectivity index (χ0) is 10.7. The Balaban J connectivity index is 1.84. The summed E-state index contributed by atoms with van der Waals surface area (Å²) >= 11 is 0. The van der Waals surface area contributed by atoms with E-state index in [4.69, 9.17) is 5.26 Å². The third-order valence-electron chi connectivity index (χ3n) is 2.83.